The monoisotopic (exact) mass is 291 g/mol. The molecule has 0 aliphatic carbocycles. The second-order valence-corrected chi connectivity index (χ2v) is 4.43. The topological polar surface area (TPSA) is 58.6 Å². The number of hydrogen-bond donors (Lipinski definition) is 2. The highest BCUT2D eigenvalue weighted by Crippen LogP contribution is 2.26. The molecule has 106 valence electrons. The van der Waals surface area contributed by atoms with Crippen LogP contribution < -0.4 is 5.32 Å². The highest BCUT2D eigenvalue weighted by Gasteiger charge is 2.14. The fourth-order valence-electron chi connectivity index (χ4n) is 1.50. The van der Waals surface area contributed by atoms with Gasteiger partial charge in [0.2, 0.25) is 0 Å². The van der Waals surface area contributed by atoms with Gasteiger partial charge in [-0.1, -0.05) is 6.07 Å². The molecule has 0 aliphatic heterocycles. The molecule has 0 saturated heterocycles. The maximum atomic E-state index is 11.8. The highest BCUT2D eigenvalue weighted by molar-refractivity contribution is 7.98. The number of ether oxygens (including phenoxy) is 1. The number of carbonyl (C=O) groups is 1. The molecule has 0 bridgehead atoms. The molecule has 0 saturated carbocycles. The van der Waals surface area contributed by atoms with Crippen molar-refractivity contribution in [1.82, 2.24) is 0 Å². The van der Waals surface area contributed by atoms with Crippen LogP contribution in [0.5, 0.6) is 0 Å². The van der Waals surface area contributed by atoms with Gasteiger partial charge in [-0.05, 0) is 18.4 Å². The third-order valence-corrected chi connectivity index (χ3v) is 3.05. The van der Waals surface area contributed by atoms with E-state index in [9.17, 15) is 13.6 Å². The summed E-state index contributed by atoms with van der Waals surface area (Å²) in [5, 5.41) is 12.0. The highest BCUT2D eigenvalue weighted by atomic mass is 32.2. The Kier molecular flexibility index (Phi) is 6.58. The van der Waals surface area contributed by atoms with Crippen LogP contribution in [0.25, 0.3) is 0 Å². The van der Waals surface area contributed by atoms with Crippen LogP contribution in [0, 0.1) is 0 Å². The Morgan fingerprint density at radius 3 is 2.84 bits per heavy atom. The van der Waals surface area contributed by atoms with Gasteiger partial charge in [-0.15, -0.1) is 11.8 Å². The Morgan fingerprint density at radius 1 is 1.53 bits per heavy atom. The lowest BCUT2D eigenvalue weighted by atomic mass is 10.2. The normalized spacial score (nSPS) is 10.7. The Hall–Kier alpha value is -1.34. The van der Waals surface area contributed by atoms with Gasteiger partial charge in [-0.3, -0.25) is 0 Å². The van der Waals surface area contributed by atoms with Crippen LogP contribution in [0.3, 0.4) is 0 Å². The zero-order valence-electron chi connectivity index (χ0n) is 10.4. The molecule has 7 heteroatoms. The summed E-state index contributed by atoms with van der Waals surface area (Å²) in [7, 11) is 0. The summed E-state index contributed by atoms with van der Waals surface area (Å²) >= 11 is 1.33. The molecule has 1 aromatic rings. The number of carboxylic acid groups (broad SMARTS) is 1. The minimum atomic E-state index is -2.49. The van der Waals surface area contributed by atoms with Gasteiger partial charge in [0, 0.05) is 17.1 Å². The van der Waals surface area contributed by atoms with E-state index in [0.29, 0.717) is 10.6 Å². The van der Waals surface area contributed by atoms with Crippen molar-refractivity contribution in [2.75, 3.05) is 31.3 Å². The molecule has 19 heavy (non-hydrogen) atoms. The predicted octanol–water partition coefficient (Wildman–Crippen LogP) is 2.80. The van der Waals surface area contributed by atoms with E-state index in [0.717, 1.165) is 0 Å². The summed E-state index contributed by atoms with van der Waals surface area (Å²) in [6.45, 7) is -0.254. The average Bonchev–Trinajstić information content (AvgIpc) is 2.37. The quantitative estimate of drug-likeness (QED) is 0.570. The SMILES string of the molecule is CSc1cccc(NCCOCC(F)F)c1C(=O)O. The Labute approximate surface area is 114 Å². The molecule has 4 nitrogen and oxygen atoms in total. The maximum absolute atomic E-state index is 11.8. The van der Waals surface area contributed by atoms with Gasteiger partial charge in [0.15, 0.2) is 0 Å². The summed E-state index contributed by atoms with van der Waals surface area (Å²) < 4.78 is 28.4. The number of carboxylic acids is 1. The molecule has 2 N–H and O–H groups in total. The average molecular weight is 291 g/mol. The first-order valence-electron chi connectivity index (χ1n) is 5.56. The zero-order valence-corrected chi connectivity index (χ0v) is 11.2. The standard InChI is InChI=1S/C12H15F2NO3S/c1-19-9-4-2-3-8(11(9)12(16)17)15-5-6-18-7-10(13)14/h2-4,10,15H,5-7H2,1H3,(H,16,17). The van der Waals surface area contributed by atoms with E-state index in [1.165, 1.54) is 11.8 Å². The van der Waals surface area contributed by atoms with Gasteiger partial charge in [0.05, 0.1) is 12.2 Å². The molecule has 0 aromatic heterocycles. The smallest absolute Gasteiger partial charge is 0.338 e. The van der Waals surface area contributed by atoms with Crippen molar-refractivity contribution in [3.63, 3.8) is 0 Å². The minimum absolute atomic E-state index is 0.0902. The van der Waals surface area contributed by atoms with E-state index >= 15 is 0 Å². The van der Waals surface area contributed by atoms with Crippen LogP contribution >= 0.6 is 11.8 Å². The first-order valence-corrected chi connectivity index (χ1v) is 6.78. The molecule has 1 rings (SSSR count). The predicted molar refractivity (Wildman–Crippen MR) is 70.5 cm³/mol. The number of benzene rings is 1. The van der Waals surface area contributed by atoms with Crippen LogP contribution in [0.1, 0.15) is 10.4 Å². The fraction of sp³-hybridized carbons (Fsp3) is 0.417. The van der Waals surface area contributed by atoms with Gasteiger partial charge in [0.1, 0.15) is 6.61 Å². The van der Waals surface area contributed by atoms with E-state index in [4.69, 9.17) is 9.84 Å². The van der Waals surface area contributed by atoms with E-state index in [-0.39, 0.29) is 18.7 Å². The first kappa shape index (κ1) is 15.7. The zero-order chi connectivity index (χ0) is 14.3. The number of halogens is 2. The summed E-state index contributed by atoms with van der Waals surface area (Å²) in [6.07, 6.45) is -0.702. The fourth-order valence-corrected chi connectivity index (χ4v) is 2.12. The van der Waals surface area contributed by atoms with Crippen LogP contribution in [-0.4, -0.2) is 43.5 Å². The molecular formula is C12H15F2NO3S. The largest absolute Gasteiger partial charge is 0.478 e. The molecule has 0 fully saturated rings. The molecule has 1 aromatic carbocycles. The maximum Gasteiger partial charge on any atom is 0.338 e. The number of rotatable bonds is 8. The minimum Gasteiger partial charge on any atom is -0.478 e. The van der Waals surface area contributed by atoms with E-state index in [1.807, 2.05) is 0 Å². The van der Waals surface area contributed by atoms with Gasteiger partial charge >= 0.3 is 5.97 Å². The lowest BCUT2D eigenvalue weighted by molar-refractivity contribution is 0.0215. The molecule has 0 heterocycles. The lowest BCUT2D eigenvalue weighted by Gasteiger charge is -2.12. The van der Waals surface area contributed by atoms with Crippen molar-refractivity contribution in [3.05, 3.63) is 23.8 Å². The van der Waals surface area contributed by atoms with Crippen molar-refractivity contribution in [2.45, 2.75) is 11.3 Å². The number of alkyl halides is 2. The molecule has 0 amide bonds. The molecule has 0 aliphatic rings. The third-order valence-electron chi connectivity index (χ3n) is 2.27. The Morgan fingerprint density at radius 2 is 2.26 bits per heavy atom. The van der Waals surface area contributed by atoms with Crippen molar-refractivity contribution in [1.29, 1.82) is 0 Å². The molecule has 0 unspecified atom stereocenters. The third kappa shape index (κ3) is 5.04. The van der Waals surface area contributed by atoms with Crippen LogP contribution in [0.2, 0.25) is 0 Å². The second-order valence-electron chi connectivity index (χ2n) is 3.58. The van der Waals surface area contributed by atoms with Gasteiger partial charge in [-0.25, -0.2) is 13.6 Å². The number of anilines is 1. The van der Waals surface area contributed by atoms with Crippen molar-refractivity contribution >= 4 is 23.4 Å². The van der Waals surface area contributed by atoms with Crippen LogP contribution in [0.15, 0.2) is 23.1 Å². The number of aromatic carboxylic acids is 1. The van der Waals surface area contributed by atoms with Crippen LogP contribution in [0.4, 0.5) is 14.5 Å². The van der Waals surface area contributed by atoms with Gasteiger partial charge in [-0.2, -0.15) is 0 Å². The number of nitrogens with one attached hydrogen (secondary N) is 1. The van der Waals surface area contributed by atoms with Crippen molar-refractivity contribution in [3.8, 4) is 0 Å². The lowest BCUT2D eigenvalue weighted by Crippen LogP contribution is -2.15. The summed E-state index contributed by atoms with van der Waals surface area (Å²) in [6, 6.07) is 5.09. The van der Waals surface area contributed by atoms with Crippen LogP contribution in [-0.2, 0) is 4.74 Å². The Bertz CT molecular complexity index is 429. The second kappa shape index (κ2) is 7.96. The van der Waals surface area contributed by atoms with Crippen molar-refractivity contribution in [2.24, 2.45) is 0 Å². The molecule has 0 atom stereocenters. The van der Waals surface area contributed by atoms with Gasteiger partial charge < -0.3 is 15.2 Å². The van der Waals surface area contributed by atoms with Crippen molar-refractivity contribution < 1.29 is 23.4 Å². The number of hydrogen-bond acceptors (Lipinski definition) is 4. The summed E-state index contributed by atoms with van der Waals surface area (Å²) in [4.78, 5) is 11.8. The van der Waals surface area contributed by atoms with E-state index in [1.54, 1.807) is 24.5 Å². The summed E-state index contributed by atoms with van der Waals surface area (Å²) in [5.41, 5.74) is 0.642. The Balaban J connectivity index is 2.60. The number of thioether (sulfide) groups is 1. The van der Waals surface area contributed by atoms with E-state index in [2.05, 4.69) is 5.32 Å². The van der Waals surface area contributed by atoms with Gasteiger partial charge in [0.25, 0.3) is 6.43 Å². The first-order chi connectivity index (χ1) is 9.06. The molecule has 0 radical (unpaired) electrons. The molecule has 0 spiro atoms. The molecular weight excluding hydrogens is 276 g/mol. The van der Waals surface area contributed by atoms with E-state index < -0.39 is 19.0 Å². The summed E-state index contributed by atoms with van der Waals surface area (Å²) in [5.74, 6) is -1.03.